The molecule has 0 rings (SSSR count). The van der Waals surface area contributed by atoms with Crippen molar-refractivity contribution < 1.29 is 0 Å². The Morgan fingerprint density at radius 1 is 1.00 bits per heavy atom. The van der Waals surface area contributed by atoms with Crippen molar-refractivity contribution in [1.29, 1.82) is 0 Å². The molecule has 0 spiro atoms. The van der Waals surface area contributed by atoms with Gasteiger partial charge in [-0.2, -0.15) is 25.3 Å². The zero-order valence-electron chi connectivity index (χ0n) is 8.29. The molecule has 0 nitrogen and oxygen atoms in total. The van der Waals surface area contributed by atoms with E-state index in [1.54, 1.807) is 0 Å². The van der Waals surface area contributed by atoms with Gasteiger partial charge in [-0.1, -0.05) is 46.0 Å². The summed E-state index contributed by atoms with van der Waals surface area (Å²) in [4.78, 5) is 0. The van der Waals surface area contributed by atoms with Crippen LogP contribution in [0, 0.1) is 5.92 Å². The zero-order chi connectivity index (χ0) is 9.40. The van der Waals surface area contributed by atoms with Gasteiger partial charge in [0.15, 0.2) is 0 Å². The summed E-state index contributed by atoms with van der Waals surface area (Å²) < 4.78 is 0.260. The maximum absolute atomic E-state index is 4.30. The molecule has 0 N–H and O–H groups in total. The zero-order valence-corrected chi connectivity index (χ0v) is 10.1. The lowest BCUT2D eigenvalue weighted by molar-refractivity contribution is 0.515. The largest absolute Gasteiger partial charge is 0.165 e. The van der Waals surface area contributed by atoms with Crippen molar-refractivity contribution in [2.45, 2.75) is 57.0 Å². The number of unbranched alkanes of at least 4 members (excludes halogenated alkanes) is 4. The summed E-state index contributed by atoms with van der Waals surface area (Å²) in [6.45, 7) is 4.48. The standard InChI is InChI=1S/C10H22S2/c1-3-4-5-6-7-8-9(2)10(11)12/h9-12H,3-8H2,1-2H3. The van der Waals surface area contributed by atoms with Crippen LogP contribution in [0.2, 0.25) is 0 Å². The number of hydrogen-bond acceptors (Lipinski definition) is 2. The van der Waals surface area contributed by atoms with E-state index in [0.717, 1.165) is 0 Å². The first-order valence-corrected chi connectivity index (χ1v) is 6.08. The number of thiol groups is 2. The van der Waals surface area contributed by atoms with Gasteiger partial charge in [-0.15, -0.1) is 0 Å². The average Bonchev–Trinajstić information content (AvgIpc) is 2.03. The van der Waals surface area contributed by atoms with Crippen molar-refractivity contribution >= 4 is 25.3 Å². The molecule has 1 atom stereocenters. The second kappa shape index (κ2) is 8.31. The highest BCUT2D eigenvalue weighted by molar-refractivity contribution is 7.99. The van der Waals surface area contributed by atoms with E-state index in [-0.39, 0.29) is 4.58 Å². The summed E-state index contributed by atoms with van der Waals surface area (Å²) in [6, 6.07) is 0. The highest BCUT2D eigenvalue weighted by atomic mass is 32.2. The Hall–Kier alpha value is 0.700. The summed E-state index contributed by atoms with van der Waals surface area (Å²) >= 11 is 8.60. The fourth-order valence-corrected chi connectivity index (χ4v) is 1.52. The van der Waals surface area contributed by atoms with Crippen LogP contribution in [-0.2, 0) is 0 Å². The smallest absolute Gasteiger partial charge is 0.0467 e. The Kier molecular flexibility index (Phi) is 8.79. The molecule has 0 bridgehead atoms. The van der Waals surface area contributed by atoms with Crippen molar-refractivity contribution in [1.82, 2.24) is 0 Å². The predicted octanol–water partition coefficient (Wildman–Crippen LogP) is 4.17. The van der Waals surface area contributed by atoms with Crippen molar-refractivity contribution in [2.24, 2.45) is 5.92 Å². The summed E-state index contributed by atoms with van der Waals surface area (Å²) in [5.41, 5.74) is 0. The summed E-state index contributed by atoms with van der Waals surface area (Å²) in [5, 5.41) is 0. The first-order valence-electron chi connectivity index (χ1n) is 5.04. The lowest BCUT2D eigenvalue weighted by Gasteiger charge is -2.13. The quantitative estimate of drug-likeness (QED) is 0.349. The van der Waals surface area contributed by atoms with E-state index in [2.05, 4.69) is 39.1 Å². The fraction of sp³-hybridized carbons (Fsp3) is 1.00. The minimum atomic E-state index is 0.260. The van der Waals surface area contributed by atoms with Gasteiger partial charge in [-0.05, 0) is 12.3 Å². The monoisotopic (exact) mass is 206 g/mol. The maximum Gasteiger partial charge on any atom is 0.0467 e. The van der Waals surface area contributed by atoms with Crippen molar-refractivity contribution in [3.05, 3.63) is 0 Å². The molecule has 0 aromatic carbocycles. The molecule has 12 heavy (non-hydrogen) atoms. The molecule has 2 heteroatoms. The van der Waals surface area contributed by atoms with Crippen LogP contribution >= 0.6 is 25.3 Å². The molecule has 0 aliphatic heterocycles. The van der Waals surface area contributed by atoms with Crippen molar-refractivity contribution in [3.8, 4) is 0 Å². The Morgan fingerprint density at radius 3 is 2.08 bits per heavy atom. The lowest BCUT2D eigenvalue weighted by atomic mass is 10.0. The molecule has 0 heterocycles. The van der Waals surface area contributed by atoms with E-state index in [4.69, 9.17) is 0 Å². The summed E-state index contributed by atoms with van der Waals surface area (Å²) in [6.07, 6.45) is 8.12. The third kappa shape index (κ3) is 7.35. The first kappa shape index (κ1) is 12.7. The van der Waals surface area contributed by atoms with Crippen LogP contribution in [-0.4, -0.2) is 4.58 Å². The van der Waals surface area contributed by atoms with Crippen LogP contribution in [0.3, 0.4) is 0 Å². The molecule has 0 aromatic heterocycles. The molecule has 0 saturated heterocycles. The normalized spacial score (nSPS) is 13.8. The van der Waals surface area contributed by atoms with Gasteiger partial charge < -0.3 is 0 Å². The fourth-order valence-electron chi connectivity index (χ4n) is 1.22. The molecule has 74 valence electrons. The van der Waals surface area contributed by atoms with Gasteiger partial charge in [0.1, 0.15) is 0 Å². The molecular formula is C10H22S2. The molecule has 0 saturated carbocycles. The lowest BCUT2D eigenvalue weighted by Crippen LogP contribution is -2.03. The molecule has 0 radical (unpaired) electrons. The molecule has 0 amide bonds. The van der Waals surface area contributed by atoms with Crippen LogP contribution in [0.25, 0.3) is 0 Å². The Balaban J connectivity index is 3.08. The van der Waals surface area contributed by atoms with E-state index in [1.165, 1.54) is 38.5 Å². The number of rotatable bonds is 7. The third-order valence-electron chi connectivity index (χ3n) is 2.27. The van der Waals surface area contributed by atoms with E-state index >= 15 is 0 Å². The van der Waals surface area contributed by atoms with Crippen LogP contribution in [0.15, 0.2) is 0 Å². The van der Waals surface area contributed by atoms with E-state index in [0.29, 0.717) is 5.92 Å². The molecule has 1 unspecified atom stereocenters. The Bertz CT molecular complexity index is 91.8. The second-order valence-electron chi connectivity index (χ2n) is 3.59. The van der Waals surface area contributed by atoms with Gasteiger partial charge in [0, 0.05) is 4.58 Å². The SMILES string of the molecule is CCCCCCCC(C)C(S)S. The first-order chi connectivity index (χ1) is 5.68. The highest BCUT2D eigenvalue weighted by Gasteiger charge is 2.07. The summed E-state index contributed by atoms with van der Waals surface area (Å²) in [5.74, 6) is 0.651. The second-order valence-corrected chi connectivity index (χ2v) is 5.11. The average molecular weight is 206 g/mol. The van der Waals surface area contributed by atoms with E-state index < -0.39 is 0 Å². The third-order valence-corrected chi connectivity index (χ3v) is 3.29. The Labute approximate surface area is 88.3 Å². The van der Waals surface area contributed by atoms with Gasteiger partial charge >= 0.3 is 0 Å². The molecule has 0 fully saturated rings. The van der Waals surface area contributed by atoms with Crippen LogP contribution < -0.4 is 0 Å². The minimum Gasteiger partial charge on any atom is -0.165 e. The van der Waals surface area contributed by atoms with E-state index in [1.807, 2.05) is 0 Å². The Morgan fingerprint density at radius 2 is 1.58 bits per heavy atom. The van der Waals surface area contributed by atoms with Gasteiger partial charge in [-0.25, -0.2) is 0 Å². The van der Waals surface area contributed by atoms with E-state index in [9.17, 15) is 0 Å². The molecule has 0 aromatic rings. The summed E-state index contributed by atoms with van der Waals surface area (Å²) in [7, 11) is 0. The van der Waals surface area contributed by atoms with Crippen LogP contribution in [0.1, 0.15) is 52.4 Å². The predicted molar refractivity (Wildman–Crippen MR) is 64.3 cm³/mol. The van der Waals surface area contributed by atoms with Gasteiger partial charge in [0.25, 0.3) is 0 Å². The highest BCUT2D eigenvalue weighted by Crippen LogP contribution is 2.20. The minimum absolute atomic E-state index is 0.260. The van der Waals surface area contributed by atoms with Crippen LogP contribution in [0.4, 0.5) is 0 Å². The molecule has 0 aliphatic carbocycles. The van der Waals surface area contributed by atoms with Gasteiger partial charge in [0.05, 0.1) is 0 Å². The van der Waals surface area contributed by atoms with Gasteiger partial charge in [-0.3, -0.25) is 0 Å². The number of hydrogen-bond donors (Lipinski definition) is 2. The van der Waals surface area contributed by atoms with Crippen molar-refractivity contribution in [2.75, 3.05) is 0 Å². The van der Waals surface area contributed by atoms with Gasteiger partial charge in [0.2, 0.25) is 0 Å². The van der Waals surface area contributed by atoms with Crippen molar-refractivity contribution in [3.63, 3.8) is 0 Å². The topological polar surface area (TPSA) is 0 Å². The molecular weight excluding hydrogens is 184 g/mol. The molecule has 0 aliphatic rings. The van der Waals surface area contributed by atoms with Crippen LogP contribution in [0.5, 0.6) is 0 Å². The maximum atomic E-state index is 4.30.